The largest absolute Gasteiger partial charge is 0.494 e. The Bertz CT molecular complexity index is 715. The van der Waals surface area contributed by atoms with E-state index in [-0.39, 0.29) is 30.5 Å². The minimum Gasteiger partial charge on any atom is -0.494 e. The Kier molecular flexibility index (Phi) is 7.61. The molecule has 138 valence electrons. The molecule has 0 heterocycles. The summed E-state index contributed by atoms with van der Waals surface area (Å²) < 4.78 is 18.2. The zero-order chi connectivity index (χ0) is 18.8. The first-order valence-electron chi connectivity index (χ1n) is 8.56. The molecule has 0 unspecified atom stereocenters. The zero-order valence-electron chi connectivity index (χ0n) is 14.8. The number of benzene rings is 2. The molecule has 0 atom stereocenters. The highest BCUT2D eigenvalue weighted by Crippen LogP contribution is 2.12. The Balaban J connectivity index is 1.63. The van der Waals surface area contributed by atoms with Gasteiger partial charge in [-0.05, 0) is 42.3 Å². The van der Waals surface area contributed by atoms with Crippen LogP contribution in [0.4, 0.5) is 4.39 Å². The number of nitrogens with one attached hydrogen (secondary N) is 2. The first-order chi connectivity index (χ1) is 12.6. The molecular weight excluding hydrogens is 335 g/mol. The van der Waals surface area contributed by atoms with Crippen molar-refractivity contribution in [1.29, 1.82) is 0 Å². The van der Waals surface area contributed by atoms with Gasteiger partial charge in [-0.25, -0.2) is 4.39 Å². The number of amides is 2. The lowest BCUT2D eigenvalue weighted by Crippen LogP contribution is -2.35. The summed E-state index contributed by atoms with van der Waals surface area (Å²) in [6.07, 6.45) is 0.455. The zero-order valence-corrected chi connectivity index (χ0v) is 14.8. The molecule has 0 radical (unpaired) electrons. The lowest BCUT2D eigenvalue weighted by atomic mass is 10.1. The number of ether oxygens (including phenoxy) is 1. The van der Waals surface area contributed by atoms with Crippen LogP contribution in [-0.2, 0) is 22.4 Å². The highest BCUT2D eigenvalue weighted by Gasteiger charge is 2.05. The molecule has 0 aromatic heterocycles. The Morgan fingerprint density at radius 3 is 1.77 bits per heavy atom. The summed E-state index contributed by atoms with van der Waals surface area (Å²) in [6.45, 7) is 3.21. The van der Waals surface area contributed by atoms with Crippen molar-refractivity contribution in [2.75, 3.05) is 19.7 Å². The predicted molar refractivity (Wildman–Crippen MR) is 97.4 cm³/mol. The molecule has 0 fully saturated rings. The molecule has 0 bridgehead atoms. The van der Waals surface area contributed by atoms with Gasteiger partial charge in [-0.15, -0.1) is 0 Å². The Hall–Kier alpha value is -2.89. The molecule has 6 heteroatoms. The fourth-order valence-electron chi connectivity index (χ4n) is 2.37. The van der Waals surface area contributed by atoms with E-state index in [1.807, 2.05) is 31.2 Å². The van der Waals surface area contributed by atoms with Gasteiger partial charge in [0.1, 0.15) is 11.6 Å². The maximum atomic E-state index is 12.8. The number of hydrogen-bond donors (Lipinski definition) is 2. The van der Waals surface area contributed by atoms with Crippen molar-refractivity contribution in [3.8, 4) is 5.75 Å². The maximum Gasteiger partial charge on any atom is 0.224 e. The maximum absolute atomic E-state index is 12.8. The molecule has 0 aliphatic carbocycles. The van der Waals surface area contributed by atoms with E-state index in [4.69, 9.17) is 4.74 Å². The molecule has 0 aliphatic rings. The molecule has 0 aliphatic heterocycles. The van der Waals surface area contributed by atoms with Crippen LogP contribution in [0.3, 0.4) is 0 Å². The van der Waals surface area contributed by atoms with Crippen molar-refractivity contribution in [3.05, 3.63) is 65.5 Å². The molecule has 2 aromatic rings. The van der Waals surface area contributed by atoms with E-state index < -0.39 is 0 Å². The Morgan fingerprint density at radius 2 is 1.31 bits per heavy atom. The summed E-state index contributed by atoms with van der Waals surface area (Å²) >= 11 is 0. The van der Waals surface area contributed by atoms with Gasteiger partial charge in [0.15, 0.2) is 0 Å². The number of carbonyl (C=O) groups excluding carboxylic acids is 2. The molecule has 2 amide bonds. The fraction of sp³-hybridized carbons (Fsp3) is 0.300. The van der Waals surface area contributed by atoms with Crippen molar-refractivity contribution in [1.82, 2.24) is 10.6 Å². The van der Waals surface area contributed by atoms with Gasteiger partial charge in [-0.3, -0.25) is 9.59 Å². The van der Waals surface area contributed by atoms with E-state index in [9.17, 15) is 14.0 Å². The van der Waals surface area contributed by atoms with Gasteiger partial charge in [0, 0.05) is 13.1 Å². The molecule has 5 nitrogen and oxygen atoms in total. The molecule has 0 saturated heterocycles. The summed E-state index contributed by atoms with van der Waals surface area (Å²) in [5, 5.41) is 5.49. The molecule has 2 rings (SSSR count). The quantitative estimate of drug-likeness (QED) is 0.676. The minimum absolute atomic E-state index is 0.109. The second-order valence-electron chi connectivity index (χ2n) is 5.76. The SMILES string of the molecule is CCOc1ccc(CC(=O)NCCNC(=O)Cc2ccc(F)cc2)cc1. The van der Waals surface area contributed by atoms with Gasteiger partial charge >= 0.3 is 0 Å². The second-order valence-corrected chi connectivity index (χ2v) is 5.76. The minimum atomic E-state index is -0.329. The first-order valence-corrected chi connectivity index (χ1v) is 8.56. The van der Waals surface area contributed by atoms with Crippen LogP contribution in [-0.4, -0.2) is 31.5 Å². The van der Waals surface area contributed by atoms with Crippen molar-refractivity contribution in [2.45, 2.75) is 19.8 Å². The highest BCUT2D eigenvalue weighted by molar-refractivity contribution is 5.79. The van der Waals surface area contributed by atoms with Gasteiger partial charge in [0.25, 0.3) is 0 Å². The van der Waals surface area contributed by atoms with Gasteiger partial charge in [-0.2, -0.15) is 0 Å². The van der Waals surface area contributed by atoms with Crippen LogP contribution in [0.5, 0.6) is 5.75 Å². The lowest BCUT2D eigenvalue weighted by Gasteiger charge is -2.08. The van der Waals surface area contributed by atoms with Crippen LogP contribution in [0.1, 0.15) is 18.1 Å². The van der Waals surface area contributed by atoms with E-state index in [1.54, 1.807) is 12.1 Å². The molecule has 0 saturated carbocycles. The molecule has 0 spiro atoms. The van der Waals surface area contributed by atoms with Crippen molar-refractivity contribution >= 4 is 11.8 Å². The van der Waals surface area contributed by atoms with E-state index in [0.717, 1.165) is 16.9 Å². The lowest BCUT2D eigenvalue weighted by molar-refractivity contribution is -0.122. The fourth-order valence-corrected chi connectivity index (χ4v) is 2.37. The monoisotopic (exact) mass is 358 g/mol. The predicted octanol–water partition coefficient (Wildman–Crippen LogP) is 2.24. The van der Waals surface area contributed by atoms with Crippen LogP contribution in [0.15, 0.2) is 48.5 Å². The van der Waals surface area contributed by atoms with Gasteiger partial charge in [-0.1, -0.05) is 24.3 Å². The normalized spacial score (nSPS) is 10.2. The topological polar surface area (TPSA) is 67.4 Å². The van der Waals surface area contributed by atoms with Crippen molar-refractivity contribution in [2.24, 2.45) is 0 Å². The number of rotatable bonds is 9. The van der Waals surface area contributed by atoms with E-state index in [2.05, 4.69) is 10.6 Å². The summed E-state index contributed by atoms with van der Waals surface area (Å²) in [7, 11) is 0. The molecular formula is C20H23FN2O3. The number of carbonyl (C=O) groups is 2. The second kappa shape index (κ2) is 10.2. The van der Waals surface area contributed by atoms with Crippen LogP contribution in [0.25, 0.3) is 0 Å². The summed E-state index contributed by atoms with van der Waals surface area (Å²) in [5.74, 6) is 0.171. The van der Waals surface area contributed by atoms with Crippen molar-refractivity contribution in [3.63, 3.8) is 0 Å². The molecule has 26 heavy (non-hydrogen) atoms. The standard InChI is InChI=1S/C20H23FN2O3/c1-2-26-18-9-5-16(6-10-18)14-20(25)23-12-11-22-19(24)13-15-3-7-17(21)8-4-15/h3-10H,2,11-14H2,1H3,(H,22,24)(H,23,25). The Labute approximate surface area is 152 Å². The van der Waals surface area contributed by atoms with Gasteiger partial charge < -0.3 is 15.4 Å². The average molecular weight is 358 g/mol. The molecule has 2 N–H and O–H groups in total. The third kappa shape index (κ3) is 6.93. The number of hydrogen-bond acceptors (Lipinski definition) is 3. The van der Waals surface area contributed by atoms with Gasteiger partial charge in [0.2, 0.25) is 11.8 Å². The van der Waals surface area contributed by atoms with E-state index >= 15 is 0 Å². The van der Waals surface area contributed by atoms with E-state index in [1.165, 1.54) is 12.1 Å². The summed E-state index contributed by atoms with van der Waals surface area (Å²) in [5.41, 5.74) is 1.63. The van der Waals surface area contributed by atoms with Crippen molar-refractivity contribution < 1.29 is 18.7 Å². The smallest absolute Gasteiger partial charge is 0.224 e. The molecule has 2 aromatic carbocycles. The third-order valence-electron chi connectivity index (χ3n) is 3.65. The summed E-state index contributed by atoms with van der Waals surface area (Å²) in [4.78, 5) is 23.7. The first kappa shape index (κ1) is 19.4. The third-order valence-corrected chi connectivity index (χ3v) is 3.65. The van der Waals surface area contributed by atoms with Crippen LogP contribution in [0, 0.1) is 5.82 Å². The highest BCUT2D eigenvalue weighted by atomic mass is 19.1. The Morgan fingerprint density at radius 1 is 0.846 bits per heavy atom. The van der Waals surface area contributed by atoms with Gasteiger partial charge in [0.05, 0.1) is 19.4 Å². The van der Waals surface area contributed by atoms with Crippen LogP contribution < -0.4 is 15.4 Å². The number of halogens is 1. The van der Waals surface area contributed by atoms with Crippen LogP contribution >= 0.6 is 0 Å². The summed E-state index contributed by atoms with van der Waals surface area (Å²) in [6, 6.07) is 13.2. The van der Waals surface area contributed by atoms with Crippen LogP contribution in [0.2, 0.25) is 0 Å². The van der Waals surface area contributed by atoms with E-state index in [0.29, 0.717) is 19.7 Å². The average Bonchev–Trinajstić information content (AvgIpc) is 2.63.